The maximum absolute atomic E-state index is 12.5. The lowest BCUT2D eigenvalue weighted by Gasteiger charge is -2.28. The van der Waals surface area contributed by atoms with Crippen molar-refractivity contribution >= 4 is 5.91 Å². The monoisotopic (exact) mass is 360 g/mol. The van der Waals surface area contributed by atoms with Gasteiger partial charge in [-0.25, -0.2) is 0 Å². The van der Waals surface area contributed by atoms with Crippen molar-refractivity contribution in [3.8, 4) is 11.5 Å². The summed E-state index contributed by atoms with van der Waals surface area (Å²) in [5, 5.41) is 3.22. The van der Waals surface area contributed by atoms with E-state index in [1.807, 2.05) is 6.92 Å². The van der Waals surface area contributed by atoms with Crippen LogP contribution in [-0.2, 0) is 4.79 Å². The Morgan fingerprint density at radius 3 is 2.52 bits per heavy atom. The Kier molecular flexibility index (Phi) is 6.92. The fourth-order valence-corrected chi connectivity index (χ4v) is 2.73. The number of hydrogen-bond donors (Lipinski definition) is 1. The molecule has 1 N–H and O–H groups in total. The molecular formula is C17H23F3N2O3. The van der Waals surface area contributed by atoms with Gasteiger partial charge in [-0.2, -0.15) is 13.2 Å². The summed E-state index contributed by atoms with van der Waals surface area (Å²) in [5.74, 6) is -0.0838. The zero-order chi connectivity index (χ0) is 18.3. The van der Waals surface area contributed by atoms with Gasteiger partial charge < -0.3 is 19.7 Å². The normalized spacial score (nSPS) is 17.4. The van der Waals surface area contributed by atoms with Gasteiger partial charge in [0.05, 0.1) is 0 Å². The van der Waals surface area contributed by atoms with Crippen LogP contribution in [0.3, 0.4) is 0 Å². The number of hydrogen-bond acceptors (Lipinski definition) is 4. The van der Waals surface area contributed by atoms with Crippen LogP contribution >= 0.6 is 0 Å². The number of halogens is 3. The molecular weight excluding hydrogens is 337 g/mol. The van der Waals surface area contributed by atoms with Crippen LogP contribution in [0.5, 0.6) is 11.5 Å². The van der Waals surface area contributed by atoms with Gasteiger partial charge in [0.1, 0.15) is 0 Å². The Balaban J connectivity index is 1.96. The number of ether oxygens (including phenoxy) is 2. The third kappa shape index (κ3) is 6.12. The van der Waals surface area contributed by atoms with E-state index in [-0.39, 0.29) is 30.1 Å². The number of carbonyl (C=O) groups is 1. The lowest BCUT2D eigenvalue weighted by Crippen LogP contribution is -2.44. The number of alkyl halides is 3. The molecule has 1 atom stereocenters. The first-order valence-corrected chi connectivity index (χ1v) is 8.32. The van der Waals surface area contributed by atoms with Crippen molar-refractivity contribution in [2.75, 3.05) is 32.8 Å². The molecule has 25 heavy (non-hydrogen) atoms. The van der Waals surface area contributed by atoms with E-state index in [1.165, 1.54) is 12.1 Å². The van der Waals surface area contributed by atoms with Gasteiger partial charge in [-0.1, -0.05) is 19.1 Å². The Morgan fingerprint density at radius 2 is 1.96 bits per heavy atom. The van der Waals surface area contributed by atoms with Crippen molar-refractivity contribution in [2.24, 2.45) is 0 Å². The van der Waals surface area contributed by atoms with Gasteiger partial charge in [0, 0.05) is 19.1 Å². The average Bonchev–Trinajstić information content (AvgIpc) is 3.10. The molecule has 1 aliphatic heterocycles. The van der Waals surface area contributed by atoms with E-state index in [9.17, 15) is 18.0 Å². The Morgan fingerprint density at radius 1 is 1.28 bits per heavy atom. The molecule has 1 unspecified atom stereocenters. The van der Waals surface area contributed by atoms with E-state index in [0.29, 0.717) is 6.54 Å². The molecule has 1 aliphatic rings. The van der Waals surface area contributed by atoms with E-state index in [0.717, 1.165) is 25.9 Å². The van der Waals surface area contributed by atoms with Crippen LogP contribution in [0.1, 0.15) is 19.8 Å². The van der Waals surface area contributed by atoms with Crippen LogP contribution in [-0.4, -0.2) is 55.9 Å². The first kappa shape index (κ1) is 19.4. The van der Waals surface area contributed by atoms with Gasteiger partial charge in [-0.3, -0.25) is 4.79 Å². The van der Waals surface area contributed by atoms with Crippen molar-refractivity contribution in [3.63, 3.8) is 0 Å². The molecule has 0 spiro atoms. The molecule has 5 nitrogen and oxygen atoms in total. The van der Waals surface area contributed by atoms with Gasteiger partial charge in [0.25, 0.3) is 5.91 Å². The molecule has 0 aromatic heterocycles. The standard InChI is InChI=1S/C17H23F3N2O3/c1-2-9-22(13-7-8-21-10-13)16(23)11-24-14-5-3-4-6-15(14)25-12-17(18,19)20/h3-6,13,21H,2,7-12H2,1H3. The van der Waals surface area contributed by atoms with Gasteiger partial charge >= 0.3 is 6.18 Å². The molecule has 1 fully saturated rings. The summed E-state index contributed by atoms with van der Waals surface area (Å²) in [5.41, 5.74) is 0. The minimum Gasteiger partial charge on any atom is -0.480 e. The minimum absolute atomic E-state index is 0.0304. The average molecular weight is 360 g/mol. The van der Waals surface area contributed by atoms with E-state index in [1.54, 1.807) is 17.0 Å². The molecule has 1 amide bonds. The highest BCUT2D eigenvalue weighted by atomic mass is 19.4. The topological polar surface area (TPSA) is 50.8 Å². The van der Waals surface area contributed by atoms with Crippen LogP contribution in [0.15, 0.2) is 24.3 Å². The highest BCUT2D eigenvalue weighted by Gasteiger charge is 2.29. The van der Waals surface area contributed by atoms with Gasteiger partial charge in [0.15, 0.2) is 24.7 Å². The van der Waals surface area contributed by atoms with Crippen LogP contribution < -0.4 is 14.8 Å². The lowest BCUT2D eigenvalue weighted by molar-refractivity contribution is -0.153. The molecule has 0 saturated carbocycles. The highest BCUT2D eigenvalue weighted by molar-refractivity contribution is 5.78. The number of nitrogens with zero attached hydrogens (tertiary/aromatic N) is 1. The fraction of sp³-hybridized carbons (Fsp3) is 0.588. The Bertz CT molecular complexity index is 560. The molecule has 1 aromatic carbocycles. The molecule has 8 heteroatoms. The number of amides is 1. The van der Waals surface area contributed by atoms with Crippen LogP contribution in [0.2, 0.25) is 0 Å². The number of para-hydroxylation sites is 2. The number of nitrogens with one attached hydrogen (secondary N) is 1. The second kappa shape index (κ2) is 8.94. The Labute approximate surface area is 145 Å². The van der Waals surface area contributed by atoms with Crippen molar-refractivity contribution in [1.82, 2.24) is 10.2 Å². The van der Waals surface area contributed by atoms with Crippen LogP contribution in [0.4, 0.5) is 13.2 Å². The summed E-state index contributed by atoms with van der Waals surface area (Å²) >= 11 is 0. The largest absolute Gasteiger partial charge is 0.480 e. The zero-order valence-electron chi connectivity index (χ0n) is 14.1. The first-order valence-electron chi connectivity index (χ1n) is 8.32. The number of rotatable bonds is 8. The summed E-state index contributed by atoms with van der Waals surface area (Å²) in [6.07, 6.45) is -2.72. The van der Waals surface area contributed by atoms with Crippen LogP contribution in [0, 0.1) is 0 Å². The number of benzene rings is 1. The highest BCUT2D eigenvalue weighted by Crippen LogP contribution is 2.28. The lowest BCUT2D eigenvalue weighted by atomic mass is 10.2. The minimum atomic E-state index is -4.43. The molecule has 1 heterocycles. The summed E-state index contributed by atoms with van der Waals surface area (Å²) in [6, 6.07) is 6.17. The SMILES string of the molecule is CCCN(C(=O)COc1ccccc1OCC(F)(F)F)C1CCNC1. The van der Waals surface area contributed by atoms with Crippen molar-refractivity contribution < 1.29 is 27.4 Å². The molecule has 140 valence electrons. The smallest absolute Gasteiger partial charge is 0.422 e. The molecule has 0 bridgehead atoms. The maximum Gasteiger partial charge on any atom is 0.422 e. The summed E-state index contributed by atoms with van der Waals surface area (Å²) in [6.45, 7) is 2.59. The van der Waals surface area contributed by atoms with E-state index in [2.05, 4.69) is 5.32 Å². The Hall–Kier alpha value is -1.96. The van der Waals surface area contributed by atoms with E-state index >= 15 is 0 Å². The second-order valence-corrected chi connectivity index (χ2v) is 5.87. The summed E-state index contributed by atoms with van der Waals surface area (Å²) in [4.78, 5) is 14.3. The predicted octanol–water partition coefficient (Wildman–Crippen LogP) is 2.61. The predicted molar refractivity (Wildman–Crippen MR) is 86.8 cm³/mol. The number of carbonyl (C=O) groups excluding carboxylic acids is 1. The molecule has 2 rings (SSSR count). The maximum atomic E-state index is 12.5. The van der Waals surface area contributed by atoms with Crippen molar-refractivity contribution in [2.45, 2.75) is 32.0 Å². The summed E-state index contributed by atoms with van der Waals surface area (Å²) < 4.78 is 47.2. The van der Waals surface area contributed by atoms with E-state index < -0.39 is 12.8 Å². The molecule has 0 radical (unpaired) electrons. The molecule has 1 saturated heterocycles. The van der Waals surface area contributed by atoms with Gasteiger partial charge in [0.2, 0.25) is 0 Å². The molecule has 1 aromatic rings. The van der Waals surface area contributed by atoms with Gasteiger partial charge in [-0.05, 0) is 31.5 Å². The zero-order valence-corrected chi connectivity index (χ0v) is 14.1. The third-order valence-electron chi connectivity index (χ3n) is 3.85. The van der Waals surface area contributed by atoms with Crippen LogP contribution in [0.25, 0.3) is 0 Å². The quantitative estimate of drug-likeness (QED) is 0.774. The second-order valence-electron chi connectivity index (χ2n) is 5.87. The van der Waals surface area contributed by atoms with E-state index in [4.69, 9.17) is 9.47 Å². The third-order valence-corrected chi connectivity index (χ3v) is 3.85. The first-order chi connectivity index (χ1) is 11.9. The fourth-order valence-electron chi connectivity index (χ4n) is 2.73. The summed E-state index contributed by atoms with van der Waals surface area (Å²) in [7, 11) is 0. The van der Waals surface area contributed by atoms with Crippen molar-refractivity contribution in [1.29, 1.82) is 0 Å². The van der Waals surface area contributed by atoms with Gasteiger partial charge in [-0.15, -0.1) is 0 Å². The molecule has 0 aliphatic carbocycles. The van der Waals surface area contributed by atoms with Crippen molar-refractivity contribution in [3.05, 3.63) is 24.3 Å².